The van der Waals surface area contributed by atoms with Gasteiger partial charge in [-0.2, -0.15) is 11.3 Å². The molecule has 0 aliphatic carbocycles. The molecule has 3 nitrogen and oxygen atoms in total. The summed E-state index contributed by atoms with van der Waals surface area (Å²) in [6.07, 6.45) is 1.89. The Morgan fingerprint density at radius 3 is 3.20 bits per heavy atom. The lowest BCUT2D eigenvalue weighted by Crippen LogP contribution is -2.42. The van der Waals surface area contributed by atoms with E-state index >= 15 is 0 Å². The Hall–Kier alpha value is -0.870. The molecule has 4 heteroatoms. The fourth-order valence-corrected chi connectivity index (χ4v) is 3.04. The van der Waals surface area contributed by atoms with E-state index in [0.29, 0.717) is 18.6 Å². The summed E-state index contributed by atoms with van der Waals surface area (Å²) >= 11 is 1.64. The van der Waals surface area contributed by atoms with Gasteiger partial charge in [-0.25, -0.2) is 0 Å². The molecule has 3 heterocycles. The Morgan fingerprint density at radius 2 is 2.60 bits per heavy atom. The molecule has 1 aromatic rings. The third kappa shape index (κ3) is 1.68. The van der Waals surface area contributed by atoms with Gasteiger partial charge in [0.25, 0.3) is 0 Å². The van der Waals surface area contributed by atoms with Gasteiger partial charge in [-0.15, -0.1) is 0 Å². The van der Waals surface area contributed by atoms with Crippen molar-refractivity contribution in [3.63, 3.8) is 0 Å². The second-order valence-electron chi connectivity index (χ2n) is 4.20. The lowest BCUT2D eigenvalue weighted by atomic mass is 10.2. The Morgan fingerprint density at radius 1 is 1.67 bits per heavy atom. The maximum Gasteiger partial charge on any atom is 0.227 e. The average molecular weight is 223 g/mol. The number of morpholine rings is 1. The summed E-state index contributed by atoms with van der Waals surface area (Å²) < 4.78 is 5.48. The molecule has 2 bridgehead atoms. The van der Waals surface area contributed by atoms with Crippen LogP contribution in [0.2, 0.25) is 0 Å². The first kappa shape index (κ1) is 9.36. The highest BCUT2D eigenvalue weighted by atomic mass is 32.1. The van der Waals surface area contributed by atoms with E-state index in [2.05, 4.69) is 0 Å². The van der Waals surface area contributed by atoms with Crippen LogP contribution in [-0.2, 0) is 16.0 Å². The predicted molar refractivity (Wildman–Crippen MR) is 57.9 cm³/mol. The highest BCUT2D eigenvalue weighted by Crippen LogP contribution is 2.28. The van der Waals surface area contributed by atoms with Crippen LogP contribution in [0, 0.1) is 0 Å². The van der Waals surface area contributed by atoms with E-state index in [1.165, 1.54) is 0 Å². The molecule has 0 radical (unpaired) electrons. The van der Waals surface area contributed by atoms with E-state index in [4.69, 9.17) is 4.74 Å². The van der Waals surface area contributed by atoms with Crippen LogP contribution in [0.5, 0.6) is 0 Å². The van der Waals surface area contributed by atoms with Gasteiger partial charge >= 0.3 is 0 Å². The number of fused-ring (bicyclic) bond motifs is 2. The monoisotopic (exact) mass is 223 g/mol. The van der Waals surface area contributed by atoms with Crippen molar-refractivity contribution in [2.45, 2.75) is 25.0 Å². The minimum absolute atomic E-state index is 0.254. The van der Waals surface area contributed by atoms with E-state index < -0.39 is 0 Å². The first-order valence-electron chi connectivity index (χ1n) is 5.25. The summed E-state index contributed by atoms with van der Waals surface area (Å²) in [6.45, 7) is 1.54. The first-order chi connectivity index (χ1) is 7.33. The van der Waals surface area contributed by atoms with E-state index in [9.17, 15) is 4.79 Å². The number of amides is 1. The molecule has 2 saturated heterocycles. The molecule has 2 unspecified atom stereocenters. The maximum atomic E-state index is 12.0. The third-order valence-corrected chi connectivity index (χ3v) is 3.89. The molecule has 1 aromatic heterocycles. The first-order valence-corrected chi connectivity index (χ1v) is 6.19. The molecular formula is C11H13NO2S. The smallest absolute Gasteiger partial charge is 0.227 e. The second kappa shape index (κ2) is 3.61. The van der Waals surface area contributed by atoms with Crippen LogP contribution in [0.3, 0.4) is 0 Å². The zero-order chi connectivity index (χ0) is 10.3. The predicted octanol–water partition coefficient (Wildman–Crippen LogP) is 1.29. The third-order valence-electron chi connectivity index (χ3n) is 3.16. The molecular weight excluding hydrogens is 210 g/mol. The molecule has 15 heavy (non-hydrogen) atoms. The van der Waals surface area contributed by atoms with Gasteiger partial charge in [0.05, 0.1) is 25.2 Å². The number of carbonyl (C=O) groups excluding carboxylic acids is 1. The van der Waals surface area contributed by atoms with Crippen LogP contribution >= 0.6 is 11.3 Å². The standard InChI is InChI=1S/C11H13NO2S/c13-11(3-8-1-2-15-7-8)12-5-10-4-9(12)6-14-10/h1-2,7,9-10H,3-6H2. The molecule has 0 aromatic carbocycles. The van der Waals surface area contributed by atoms with Crippen LogP contribution in [0.25, 0.3) is 0 Å². The van der Waals surface area contributed by atoms with Crippen molar-refractivity contribution in [1.82, 2.24) is 4.90 Å². The molecule has 0 spiro atoms. The van der Waals surface area contributed by atoms with Gasteiger partial charge in [-0.05, 0) is 28.8 Å². The summed E-state index contributed by atoms with van der Waals surface area (Å²) in [5.41, 5.74) is 1.13. The van der Waals surface area contributed by atoms with Gasteiger partial charge in [0.2, 0.25) is 5.91 Å². The fraction of sp³-hybridized carbons (Fsp3) is 0.545. The highest BCUT2D eigenvalue weighted by Gasteiger charge is 2.41. The zero-order valence-electron chi connectivity index (χ0n) is 8.39. The number of ether oxygens (including phenoxy) is 1. The van der Waals surface area contributed by atoms with Gasteiger partial charge in [0.15, 0.2) is 0 Å². The number of hydrogen-bond donors (Lipinski definition) is 0. The second-order valence-corrected chi connectivity index (χ2v) is 4.98. The van der Waals surface area contributed by atoms with Crippen molar-refractivity contribution >= 4 is 17.2 Å². The lowest BCUT2D eigenvalue weighted by molar-refractivity contribution is -0.134. The summed E-state index contributed by atoms with van der Waals surface area (Å²) in [5, 5.41) is 4.06. The number of likely N-dealkylation sites (tertiary alicyclic amines) is 1. The van der Waals surface area contributed by atoms with Crippen LogP contribution in [0.15, 0.2) is 16.8 Å². The molecule has 2 aliphatic heterocycles. The summed E-state index contributed by atoms with van der Waals surface area (Å²) in [5.74, 6) is 0.254. The van der Waals surface area contributed by atoms with E-state index in [1.54, 1.807) is 11.3 Å². The minimum atomic E-state index is 0.254. The maximum absolute atomic E-state index is 12.0. The van der Waals surface area contributed by atoms with Crippen molar-refractivity contribution < 1.29 is 9.53 Å². The highest BCUT2D eigenvalue weighted by molar-refractivity contribution is 7.07. The lowest BCUT2D eigenvalue weighted by Gasteiger charge is -2.26. The van der Waals surface area contributed by atoms with Crippen LogP contribution in [0.4, 0.5) is 0 Å². The molecule has 80 valence electrons. The van der Waals surface area contributed by atoms with Crippen LogP contribution < -0.4 is 0 Å². The molecule has 0 saturated carbocycles. The van der Waals surface area contributed by atoms with Crippen molar-refractivity contribution in [1.29, 1.82) is 0 Å². The average Bonchev–Trinajstić information content (AvgIpc) is 2.93. The molecule has 2 fully saturated rings. The van der Waals surface area contributed by atoms with Crippen LogP contribution in [0.1, 0.15) is 12.0 Å². The largest absolute Gasteiger partial charge is 0.374 e. The van der Waals surface area contributed by atoms with E-state index in [1.807, 2.05) is 21.7 Å². The minimum Gasteiger partial charge on any atom is -0.374 e. The Labute approximate surface area is 92.6 Å². The molecule has 2 atom stereocenters. The Balaban J connectivity index is 1.66. The van der Waals surface area contributed by atoms with Crippen LogP contribution in [-0.4, -0.2) is 36.1 Å². The molecule has 2 aliphatic rings. The molecule has 0 N–H and O–H groups in total. The van der Waals surface area contributed by atoms with E-state index in [0.717, 1.165) is 25.1 Å². The number of thiophene rings is 1. The summed E-state index contributed by atoms with van der Waals surface area (Å²) in [6, 6.07) is 2.37. The molecule has 3 rings (SSSR count). The van der Waals surface area contributed by atoms with Gasteiger partial charge in [-0.3, -0.25) is 4.79 Å². The normalized spacial score (nSPS) is 28.7. The number of rotatable bonds is 2. The van der Waals surface area contributed by atoms with Gasteiger partial charge in [-0.1, -0.05) is 0 Å². The molecule has 1 amide bonds. The Bertz CT molecular complexity index is 363. The SMILES string of the molecule is O=C(Cc1ccsc1)N1CC2CC1CO2. The van der Waals surface area contributed by atoms with Gasteiger partial charge < -0.3 is 9.64 Å². The summed E-state index contributed by atoms with van der Waals surface area (Å²) in [4.78, 5) is 14.0. The number of hydrogen-bond acceptors (Lipinski definition) is 3. The Kier molecular flexibility index (Phi) is 2.25. The van der Waals surface area contributed by atoms with Crippen molar-refractivity contribution in [3.8, 4) is 0 Å². The van der Waals surface area contributed by atoms with Crippen molar-refractivity contribution in [2.24, 2.45) is 0 Å². The number of nitrogens with zero attached hydrogens (tertiary/aromatic N) is 1. The van der Waals surface area contributed by atoms with Gasteiger partial charge in [0.1, 0.15) is 0 Å². The van der Waals surface area contributed by atoms with Crippen molar-refractivity contribution in [3.05, 3.63) is 22.4 Å². The van der Waals surface area contributed by atoms with E-state index in [-0.39, 0.29) is 5.91 Å². The fourth-order valence-electron chi connectivity index (χ4n) is 2.37. The number of carbonyl (C=O) groups is 1. The van der Waals surface area contributed by atoms with Gasteiger partial charge in [0, 0.05) is 6.54 Å². The zero-order valence-corrected chi connectivity index (χ0v) is 9.20. The quantitative estimate of drug-likeness (QED) is 0.756. The topological polar surface area (TPSA) is 29.5 Å². The summed E-state index contributed by atoms with van der Waals surface area (Å²) in [7, 11) is 0. The van der Waals surface area contributed by atoms with Crippen molar-refractivity contribution in [2.75, 3.05) is 13.2 Å².